The molecular weight excluding hydrogens is 422 g/mol. The number of halogens is 2. The number of imidazole rings is 1. The Balaban J connectivity index is 1.65. The smallest absolute Gasteiger partial charge is 0.204 e. The lowest BCUT2D eigenvalue weighted by molar-refractivity contribution is 0.477. The summed E-state index contributed by atoms with van der Waals surface area (Å²) in [5, 5.41) is 4.39. The lowest BCUT2D eigenvalue weighted by Crippen LogP contribution is -2.27. The van der Waals surface area contributed by atoms with Gasteiger partial charge in [0.1, 0.15) is 0 Å². The molecule has 0 radical (unpaired) electrons. The maximum Gasteiger partial charge on any atom is 0.204 e. The summed E-state index contributed by atoms with van der Waals surface area (Å²) in [6, 6.07) is 25.4. The molecule has 0 aliphatic carbocycles. The fourth-order valence-corrected chi connectivity index (χ4v) is 4.28. The molecule has 0 saturated heterocycles. The van der Waals surface area contributed by atoms with Crippen molar-refractivity contribution in [3.05, 3.63) is 93.4 Å². The van der Waals surface area contributed by atoms with E-state index in [1.807, 2.05) is 18.2 Å². The number of para-hydroxylation sites is 2. The zero-order chi connectivity index (χ0) is 18.4. The van der Waals surface area contributed by atoms with Crippen molar-refractivity contribution in [2.24, 2.45) is 0 Å². The van der Waals surface area contributed by atoms with Crippen molar-refractivity contribution >= 4 is 44.5 Å². The number of anilines is 1. The number of fused-ring (bicyclic) bond motifs is 3. The first kappa shape index (κ1) is 16.8. The van der Waals surface area contributed by atoms with Gasteiger partial charge in [0.25, 0.3) is 0 Å². The summed E-state index contributed by atoms with van der Waals surface area (Å²) in [5.74, 6) is 0.912. The Labute approximate surface area is 171 Å². The molecule has 2 atom stereocenters. The molecule has 5 rings (SSSR count). The van der Waals surface area contributed by atoms with Gasteiger partial charge in [0.2, 0.25) is 5.95 Å². The van der Waals surface area contributed by atoms with E-state index in [0.717, 1.165) is 32.9 Å². The van der Waals surface area contributed by atoms with Crippen LogP contribution in [0.1, 0.15) is 29.6 Å². The van der Waals surface area contributed by atoms with Gasteiger partial charge in [-0.2, -0.15) is 0 Å². The minimum absolute atomic E-state index is 0.181. The third kappa shape index (κ3) is 3.03. The monoisotopic (exact) mass is 437 g/mol. The van der Waals surface area contributed by atoms with Crippen molar-refractivity contribution in [2.75, 3.05) is 5.32 Å². The van der Waals surface area contributed by atoms with E-state index in [-0.39, 0.29) is 12.1 Å². The first-order valence-corrected chi connectivity index (χ1v) is 10.1. The Bertz CT molecular complexity index is 1100. The van der Waals surface area contributed by atoms with Crippen LogP contribution in [0.3, 0.4) is 0 Å². The second-order valence-electron chi connectivity index (χ2n) is 6.85. The van der Waals surface area contributed by atoms with Gasteiger partial charge in [-0.3, -0.25) is 0 Å². The zero-order valence-electron chi connectivity index (χ0n) is 14.4. The van der Waals surface area contributed by atoms with Crippen LogP contribution in [-0.2, 0) is 0 Å². The number of hydrogen-bond acceptors (Lipinski definition) is 2. The van der Waals surface area contributed by atoms with Crippen molar-refractivity contribution in [3.63, 3.8) is 0 Å². The maximum absolute atomic E-state index is 6.08. The van der Waals surface area contributed by atoms with Gasteiger partial charge in [-0.1, -0.05) is 63.9 Å². The van der Waals surface area contributed by atoms with Gasteiger partial charge < -0.3 is 9.88 Å². The highest BCUT2D eigenvalue weighted by atomic mass is 79.9. The molecule has 3 nitrogen and oxygen atoms in total. The number of nitrogens with zero attached hydrogens (tertiary/aromatic N) is 2. The quantitative estimate of drug-likeness (QED) is 0.382. The Morgan fingerprint density at radius 1 is 0.926 bits per heavy atom. The topological polar surface area (TPSA) is 29.9 Å². The van der Waals surface area contributed by atoms with Crippen LogP contribution in [0.25, 0.3) is 11.0 Å². The van der Waals surface area contributed by atoms with E-state index in [1.54, 1.807) is 0 Å². The molecule has 0 bridgehead atoms. The lowest BCUT2D eigenvalue weighted by Gasteiger charge is -2.33. The molecule has 134 valence electrons. The molecule has 1 N–H and O–H groups in total. The molecule has 3 aromatic carbocycles. The van der Waals surface area contributed by atoms with E-state index in [0.29, 0.717) is 0 Å². The average Bonchev–Trinajstić information content (AvgIpc) is 3.07. The van der Waals surface area contributed by atoms with Crippen molar-refractivity contribution in [2.45, 2.75) is 18.5 Å². The van der Waals surface area contributed by atoms with Crippen molar-refractivity contribution in [1.82, 2.24) is 9.55 Å². The van der Waals surface area contributed by atoms with E-state index >= 15 is 0 Å². The largest absolute Gasteiger partial charge is 0.349 e. The summed E-state index contributed by atoms with van der Waals surface area (Å²) in [5.41, 5.74) is 4.67. The van der Waals surface area contributed by atoms with Gasteiger partial charge in [0.15, 0.2) is 0 Å². The van der Waals surface area contributed by atoms with E-state index in [9.17, 15) is 0 Å². The molecule has 5 heteroatoms. The second-order valence-corrected chi connectivity index (χ2v) is 8.20. The van der Waals surface area contributed by atoms with Gasteiger partial charge in [-0.25, -0.2) is 4.98 Å². The van der Waals surface area contributed by atoms with Crippen LogP contribution in [0.15, 0.2) is 77.3 Å². The van der Waals surface area contributed by atoms with Crippen LogP contribution >= 0.6 is 27.5 Å². The van der Waals surface area contributed by atoms with E-state index in [4.69, 9.17) is 16.6 Å². The van der Waals surface area contributed by atoms with Crippen LogP contribution in [0.5, 0.6) is 0 Å². The Kier molecular flexibility index (Phi) is 4.18. The SMILES string of the molecule is Clc1ccc([C@H]2C[C@@H](c3ccc(Br)cc3)n3c(nc4ccccc43)N2)cc1. The highest BCUT2D eigenvalue weighted by Crippen LogP contribution is 2.41. The Morgan fingerprint density at radius 3 is 2.41 bits per heavy atom. The van der Waals surface area contributed by atoms with Gasteiger partial charge in [-0.15, -0.1) is 0 Å². The van der Waals surface area contributed by atoms with Crippen molar-refractivity contribution < 1.29 is 0 Å². The first-order valence-electron chi connectivity index (χ1n) is 8.93. The van der Waals surface area contributed by atoms with Gasteiger partial charge in [-0.05, 0) is 53.9 Å². The Morgan fingerprint density at radius 2 is 1.63 bits per heavy atom. The fourth-order valence-electron chi connectivity index (χ4n) is 3.89. The standard InChI is InChI=1S/C22H17BrClN3/c23-16-9-5-15(6-10-16)21-13-19(14-7-11-17(24)12-8-14)26-22-25-18-3-1-2-4-20(18)27(21)22/h1-12,19,21H,13H2,(H,25,26)/t19-,21+/m1/s1. The average molecular weight is 439 g/mol. The van der Waals surface area contributed by atoms with Gasteiger partial charge in [0.05, 0.1) is 23.1 Å². The molecule has 27 heavy (non-hydrogen) atoms. The third-order valence-corrected chi connectivity index (χ3v) is 5.98. The van der Waals surface area contributed by atoms with Crippen molar-refractivity contribution in [3.8, 4) is 0 Å². The number of benzene rings is 3. The third-order valence-electron chi connectivity index (χ3n) is 5.20. The molecule has 0 fully saturated rings. The van der Waals surface area contributed by atoms with E-state index < -0.39 is 0 Å². The molecule has 1 aliphatic heterocycles. The molecule has 0 unspecified atom stereocenters. The molecule has 1 aromatic heterocycles. The molecule has 0 saturated carbocycles. The van der Waals surface area contributed by atoms with Crippen LogP contribution in [0.4, 0.5) is 5.95 Å². The normalized spacial score (nSPS) is 18.9. The zero-order valence-corrected chi connectivity index (χ0v) is 16.8. The predicted octanol–water partition coefficient (Wildman–Crippen LogP) is 6.60. The van der Waals surface area contributed by atoms with Crippen LogP contribution in [0.2, 0.25) is 5.02 Å². The summed E-state index contributed by atoms with van der Waals surface area (Å²) < 4.78 is 3.41. The molecule has 4 aromatic rings. The first-order chi connectivity index (χ1) is 13.2. The number of nitrogens with one attached hydrogen (secondary N) is 1. The molecule has 1 aliphatic rings. The van der Waals surface area contributed by atoms with E-state index in [2.05, 4.69) is 80.4 Å². The summed E-state index contributed by atoms with van der Waals surface area (Å²) in [6.45, 7) is 0. The molecule has 0 spiro atoms. The highest BCUT2D eigenvalue weighted by molar-refractivity contribution is 9.10. The van der Waals surface area contributed by atoms with E-state index in [1.165, 1.54) is 11.1 Å². The summed E-state index contributed by atoms with van der Waals surface area (Å²) in [6.07, 6.45) is 0.941. The van der Waals surface area contributed by atoms with Crippen LogP contribution in [-0.4, -0.2) is 9.55 Å². The van der Waals surface area contributed by atoms with Crippen LogP contribution in [0, 0.1) is 0 Å². The summed E-state index contributed by atoms with van der Waals surface area (Å²) in [7, 11) is 0. The summed E-state index contributed by atoms with van der Waals surface area (Å²) >= 11 is 9.63. The number of aromatic nitrogens is 2. The molecule has 2 heterocycles. The molecule has 0 amide bonds. The summed E-state index contributed by atoms with van der Waals surface area (Å²) in [4.78, 5) is 4.86. The maximum atomic E-state index is 6.08. The second kappa shape index (κ2) is 6.70. The van der Waals surface area contributed by atoms with Crippen molar-refractivity contribution in [1.29, 1.82) is 0 Å². The number of hydrogen-bond donors (Lipinski definition) is 1. The molecular formula is C22H17BrClN3. The van der Waals surface area contributed by atoms with Gasteiger partial charge >= 0.3 is 0 Å². The predicted molar refractivity (Wildman–Crippen MR) is 114 cm³/mol. The lowest BCUT2D eigenvalue weighted by atomic mass is 9.93. The minimum Gasteiger partial charge on any atom is -0.349 e. The van der Waals surface area contributed by atoms with Gasteiger partial charge in [0, 0.05) is 9.50 Å². The Hall–Kier alpha value is -2.30. The highest BCUT2D eigenvalue weighted by Gasteiger charge is 2.30. The van der Waals surface area contributed by atoms with Crippen LogP contribution < -0.4 is 5.32 Å². The number of rotatable bonds is 2. The fraction of sp³-hybridized carbons (Fsp3) is 0.136. The minimum atomic E-state index is 0.181.